The first kappa shape index (κ1) is 18.3. The highest BCUT2D eigenvalue weighted by atomic mass is 16.5. The van der Waals surface area contributed by atoms with Crippen LogP contribution in [0.25, 0.3) is 10.9 Å². The van der Waals surface area contributed by atoms with Crippen molar-refractivity contribution in [1.82, 2.24) is 14.9 Å². The molecule has 2 aromatic carbocycles. The molecule has 0 saturated carbocycles. The number of hydrogen-bond donors (Lipinski definition) is 2. The third-order valence-corrected chi connectivity index (χ3v) is 4.86. The molecule has 2 N–H and O–H groups in total. The van der Waals surface area contributed by atoms with E-state index in [9.17, 15) is 9.90 Å². The molecule has 0 bridgehead atoms. The predicted molar refractivity (Wildman–Crippen MR) is 107 cm³/mol. The van der Waals surface area contributed by atoms with Crippen molar-refractivity contribution in [2.75, 3.05) is 31.6 Å². The Hall–Kier alpha value is -3.03. The van der Waals surface area contributed by atoms with Crippen LogP contribution < -0.4 is 5.32 Å². The number of nitrogens with zero attached hydrogens (tertiary/aromatic N) is 3. The van der Waals surface area contributed by atoms with Gasteiger partial charge in [-0.2, -0.15) is 0 Å². The molecule has 7 heteroatoms. The fraction of sp³-hybridized carbons (Fsp3) is 0.286. The molecule has 7 nitrogen and oxygen atoms in total. The summed E-state index contributed by atoms with van der Waals surface area (Å²) >= 11 is 0. The van der Waals surface area contributed by atoms with Crippen molar-refractivity contribution in [2.45, 2.75) is 13.5 Å². The van der Waals surface area contributed by atoms with Gasteiger partial charge in [0.05, 0.1) is 30.8 Å². The van der Waals surface area contributed by atoms with Gasteiger partial charge in [0, 0.05) is 24.2 Å². The van der Waals surface area contributed by atoms with Crippen LogP contribution in [-0.2, 0) is 11.3 Å². The number of para-hydroxylation sites is 1. The Kier molecular flexibility index (Phi) is 5.18. The summed E-state index contributed by atoms with van der Waals surface area (Å²) in [5, 5.41) is 13.5. The lowest BCUT2D eigenvalue weighted by Gasteiger charge is -2.26. The van der Waals surface area contributed by atoms with Crippen LogP contribution in [-0.4, -0.2) is 52.2 Å². The van der Waals surface area contributed by atoms with Crippen molar-refractivity contribution in [3.05, 3.63) is 59.4 Å². The number of aromatic carboxylic acids is 1. The van der Waals surface area contributed by atoms with Crippen LogP contribution >= 0.6 is 0 Å². The van der Waals surface area contributed by atoms with Crippen LogP contribution in [0, 0.1) is 6.92 Å². The van der Waals surface area contributed by atoms with Crippen molar-refractivity contribution >= 4 is 28.4 Å². The standard InChI is InChI=1S/C21H22N4O3/c1-14-6-7-15(21(26)27)12-18(14)23-20-16-4-2-3-5-17(16)22-19(24-20)13-25-8-10-28-11-9-25/h2-7,12H,8-11,13H2,1H3,(H,26,27)(H,22,23,24). The monoisotopic (exact) mass is 378 g/mol. The summed E-state index contributed by atoms with van der Waals surface area (Å²) in [6.45, 7) is 5.75. The van der Waals surface area contributed by atoms with E-state index in [1.807, 2.05) is 31.2 Å². The van der Waals surface area contributed by atoms with Gasteiger partial charge in [-0.3, -0.25) is 4.90 Å². The molecule has 1 aromatic heterocycles. The summed E-state index contributed by atoms with van der Waals surface area (Å²) in [4.78, 5) is 23.1. The topological polar surface area (TPSA) is 87.6 Å². The second-order valence-corrected chi connectivity index (χ2v) is 6.85. The SMILES string of the molecule is Cc1ccc(C(=O)O)cc1Nc1nc(CN2CCOCC2)nc2ccccc12. The molecule has 2 heterocycles. The van der Waals surface area contributed by atoms with E-state index in [1.165, 1.54) is 0 Å². The number of nitrogens with one attached hydrogen (secondary N) is 1. The zero-order valence-corrected chi connectivity index (χ0v) is 15.7. The minimum Gasteiger partial charge on any atom is -0.478 e. The lowest BCUT2D eigenvalue weighted by molar-refractivity contribution is 0.0331. The van der Waals surface area contributed by atoms with Gasteiger partial charge < -0.3 is 15.2 Å². The number of anilines is 2. The number of morpholine rings is 1. The Morgan fingerprint density at radius 3 is 2.75 bits per heavy atom. The molecule has 1 saturated heterocycles. The van der Waals surface area contributed by atoms with Crippen molar-refractivity contribution in [1.29, 1.82) is 0 Å². The van der Waals surface area contributed by atoms with Crippen LogP contribution in [0.4, 0.5) is 11.5 Å². The van der Waals surface area contributed by atoms with Gasteiger partial charge in [0.1, 0.15) is 11.6 Å². The number of ether oxygens (including phenoxy) is 1. The first-order valence-electron chi connectivity index (χ1n) is 9.27. The third-order valence-electron chi connectivity index (χ3n) is 4.86. The Morgan fingerprint density at radius 2 is 1.96 bits per heavy atom. The number of aromatic nitrogens is 2. The van der Waals surface area contributed by atoms with Gasteiger partial charge in [0.15, 0.2) is 0 Å². The maximum Gasteiger partial charge on any atom is 0.335 e. The van der Waals surface area contributed by atoms with Gasteiger partial charge in [-0.25, -0.2) is 14.8 Å². The number of aryl methyl sites for hydroxylation is 1. The van der Waals surface area contributed by atoms with Crippen LogP contribution in [0.2, 0.25) is 0 Å². The molecule has 0 spiro atoms. The van der Waals surface area contributed by atoms with Crippen molar-refractivity contribution in [3.63, 3.8) is 0 Å². The maximum absolute atomic E-state index is 11.3. The number of hydrogen-bond acceptors (Lipinski definition) is 6. The predicted octanol–water partition coefficient (Wildman–Crippen LogP) is 3.21. The lowest BCUT2D eigenvalue weighted by Crippen LogP contribution is -2.36. The summed E-state index contributed by atoms with van der Waals surface area (Å²) < 4.78 is 5.41. The lowest BCUT2D eigenvalue weighted by atomic mass is 10.1. The van der Waals surface area contributed by atoms with E-state index in [-0.39, 0.29) is 5.56 Å². The Labute approximate surface area is 163 Å². The smallest absolute Gasteiger partial charge is 0.335 e. The van der Waals surface area contributed by atoms with Gasteiger partial charge in [-0.1, -0.05) is 18.2 Å². The first-order chi connectivity index (χ1) is 13.6. The van der Waals surface area contributed by atoms with Crippen LogP contribution in [0.3, 0.4) is 0 Å². The molecule has 0 unspecified atom stereocenters. The summed E-state index contributed by atoms with van der Waals surface area (Å²) in [5.74, 6) is 0.457. The van der Waals surface area contributed by atoms with Crippen molar-refractivity contribution in [2.24, 2.45) is 0 Å². The summed E-state index contributed by atoms with van der Waals surface area (Å²) in [5.41, 5.74) is 2.76. The molecule has 0 atom stereocenters. The minimum atomic E-state index is -0.955. The molecule has 28 heavy (non-hydrogen) atoms. The van der Waals surface area contributed by atoms with Gasteiger partial charge in [0.25, 0.3) is 0 Å². The van der Waals surface area contributed by atoms with Crippen molar-refractivity contribution in [3.8, 4) is 0 Å². The molecule has 4 rings (SSSR count). The van der Waals surface area contributed by atoms with Gasteiger partial charge in [-0.15, -0.1) is 0 Å². The summed E-state index contributed by atoms with van der Waals surface area (Å²) in [7, 11) is 0. The number of fused-ring (bicyclic) bond motifs is 1. The van der Waals surface area contributed by atoms with E-state index in [0.29, 0.717) is 12.4 Å². The Balaban J connectivity index is 1.71. The second kappa shape index (κ2) is 7.92. The summed E-state index contributed by atoms with van der Waals surface area (Å²) in [6.07, 6.45) is 0. The molecule has 1 aliphatic rings. The zero-order chi connectivity index (χ0) is 19.5. The van der Waals surface area contributed by atoms with E-state index in [4.69, 9.17) is 14.7 Å². The Bertz CT molecular complexity index is 1020. The zero-order valence-electron chi connectivity index (χ0n) is 15.7. The fourth-order valence-corrected chi connectivity index (χ4v) is 3.27. The molecular formula is C21H22N4O3. The number of carbonyl (C=O) groups is 1. The van der Waals surface area contributed by atoms with Gasteiger partial charge in [0.2, 0.25) is 0 Å². The number of rotatable bonds is 5. The highest BCUT2D eigenvalue weighted by molar-refractivity contribution is 5.93. The normalized spacial score (nSPS) is 14.9. The second-order valence-electron chi connectivity index (χ2n) is 6.85. The first-order valence-corrected chi connectivity index (χ1v) is 9.27. The quantitative estimate of drug-likeness (QED) is 0.705. The van der Waals surface area contributed by atoms with E-state index in [2.05, 4.69) is 10.2 Å². The fourth-order valence-electron chi connectivity index (χ4n) is 3.27. The molecule has 0 amide bonds. The van der Waals surface area contributed by atoms with E-state index in [1.54, 1.807) is 18.2 Å². The highest BCUT2D eigenvalue weighted by Crippen LogP contribution is 2.27. The average Bonchev–Trinajstić information content (AvgIpc) is 2.70. The Morgan fingerprint density at radius 1 is 1.18 bits per heavy atom. The molecule has 1 aliphatic heterocycles. The molecule has 0 aliphatic carbocycles. The third kappa shape index (κ3) is 3.95. The van der Waals surface area contributed by atoms with Gasteiger partial charge in [-0.05, 0) is 36.8 Å². The molecule has 1 fully saturated rings. The van der Waals surface area contributed by atoms with E-state index < -0.39 is 5.97 Å². The molecule has 0 radical (unpaired) electrons. The van der Waals surface area contributed by atoms with Crippen LogP contribution in [0.5, 0.6) is 0 Å². The summed E-state index contributed by atoms with van der Waals surface area (Å²) in [6, 6.07) is 12.9. The molecule has 3 aromatic rings. The molecular weight excluding hydrogens is 356 g/mol. The van der Waals surface area contributed by atoms with Crippen LogP contribution in [0.15, 0.2) is 42.5 Å². The maximum atomic E-state index is 11.3. The van der Waals surface area contributed by atoms with Crippen LogP contribution in [0.1, 0.15) is 21.7 Å². The van der Waals surface area contributed by atoms with Gasteiger partial charge >= 0.3 is 5.97 Å². The number of benzene rings is 2. The molecule has 144 valence electrons. The number of carboxylic acid groups (broad SMARTS) is 1. The largest absolute Gasteiger partial charge is 0.478 e. The van der Waals surface area contributed by atoms with E-state index in [0.717, 1.165) is 54.3 Å². The number of carboxylic acids is 1. The minimum absolute atomic E-state index is 0.236. The average molecular weight is 378 g/mol. The van der Waals surface area contributed by atoms with E-state index >= 15 is 0 Å². The highest BCUT2D eigenvalue weighted by Gasteiger charge is 2.15. The van der Waals surface area contributed by atoms with Crippen molar-refractivity contribution < 1.29 is 14.6 Å².